The largest absolute Gasteiger partial charge is 0.351 e. The SMILES string of the molecule is c1ccc(-n2cc(-c3ccnc(NC4CCC4)n3)cn2)cc1. The number of nitrogens with zero attached hydrogens (tertiary/aromatic N) is 4. The maximum atomic E-state index is 4.60. The smallest absolute Gasteiger partial charge is 0.223 e. The fraction of sp³-hybridized carbons (Fsp3) is 0.235. The first-order chi connectivity index (χ1) is 10.9. The maximum absolute atomic E-state index is 4.60. The fourth-order valence-electron chi connectivity index (χ4n) is 2.50. The lowest BCUT2D eigenvalue weighted by molar-refractivity contribution is 0.443. The van der Waals surface area contributed by atoms with Crippen LogP contribution in [0.2, 0.25) is 0 Å². The Labute approximate surface area is 129 Å². The van der Waals surface area contributed by atoms with Crippen LogP contribution >= 0.6 is 0 Å². The second-order valence-corrected chi connectivity index (χ2v) is 5.55. The van der Waals surface area contributed by atoms with Gasteiger partial charge in [-0.05, 0) is 37.5 Å². The lowest BCUT2D eigenvalue weighted by Crippen LogP contribution is -2.27. The Balaban J connectivity index is 1.59. The molecule has 1 aromatic carbocycles. The Morgan fingerprint density at radius 2 is 1.95 bits per heavy atom. The van der Waals surface area contributed by atoms with E-state index < -0.39 is 0 Å². The van der Waals surface area contributed by atoms with Gasteiger partial charge in [0, 0.05) is 24.0 Å². The molecular formula is C17H17N5. The molecule has 110 valence electrons. The number of anilines is 1. The molecule has 1 aliphatic rings. The molecule has 0 atom stereocenters. The summed E-state index contributed by atoms with van der Waals surface area (Å²) >= 11 is 0. The molecule has 1 fully saturated rings. The highest BCUT2D eigenvalue weighted by Gasteiger charge is 2.18. The van der Waals surface area contributed by atoms with Crippen LogP contribution in [0.25, 0.3) is 16.9 Å². The minimum atomic E-state index is 0.530. The van der Waals surface area contributed by atoms with Crippen molar-refractivity contribution in [3.05, 3.63) is 55.0 Å². The number of nitrogens with one attached hydrogen (secondary N) is 1. The third kappa shape index (κ3) is 2.57. The number of rotatable bonds is 4. The molecule has 0 saturated heterocycles. The van der Waals surface area contributed by atoms with Gasteiger partial charge >= 0.3 is 0 Å². The van der Waals surface area contributed by atoms with Crippen molar-refractivity contribution in [1.29, 1.82) is 0 Å². The average Bonchev–Trinajstić information content (AvgIpc) is 3.02. The van der Waals surface area contributed by atoms with E-state index in [1.54, 1.807) is 6.20 Å². The molecule has 0 amide bonds. The molecule has 0 spiro atoms. The molecule has 2 aromatic heterocycles. The van der Waals surface area contributed by atoms with E-state index in [2.05, 4.69) is 20.4 Å². The first kappa shape index (κ1) is 13.0. The molecule has 0 unspecified atom stereocenters. The zero-order valence-corrected chi connectivity index (χ0v) is 12.2. The maximum Gasteiger partial charge on any atom is 0.223 e. The van der Waals surface area contributed by atoms with Crippen LogP contribution in [0.1, 0.15) is 19.3 Å². The molecule has 0 aliphatic heterocycles. The van der Waals surface area contributed by atoms with Crippen LogP contribution in [-0.4, -0.2) is 25.8 Å². The van der Waals surface area contributed by atoms with E-state index >= 15 is 0 Å². The van der Waals surface area contributed by atoms with Crippen LogP contribution in [0, 0.1) is 0 Å². The van der Waals surface area contributed by atoms with Gasteiger partial charge < -0.3 is 5.32 Å². The number of aromatic nitrogens is 4. The summed E-state index contributed by atoms with van der Waals surface area (Å²) in [5, 5.41) is 7.79. The van der Waals surface area contributed by atoms with E-state index in [-0.39, 0.29) is 0 Å². The summed E-state index contributed by atoms with van der Waals surface area (Å²) in [5.41, 5.74) is 2.91. The number of benzene rings is 1. The molecule has 1 saturated carbocycles. The van der Waals surface area contributed by atoms with Gasteiger partial charge in [-0.15, -0.1) is 0 Å². The van der Waals surface area contributed by atoms with E-state index in [1.165, 1.54) is 19.3 Å². The molecule has 4 rings (SSSR count). The van der Waals surface area contributed by atoms with E-state index in [0.717, 1.165) is 16.9 Å². The van der Waals surface area contributed by atoms with Crippen LogP contribution in [0.3, 0.4) is 0 Å². The summed E-state index contributed by atoms with van der Waals surface area (Å²) in [7, 11) is 0. The summed E-state index contributed by atoms with van der Waals surface area (Å²) in [6.45, 7) is 0. The van der Waals surface area contributed by atoms with Crippen LogP contribution in [0.15, 0.2) is 55.0 Å². The predicted octanol–water partition coefficient (Wildman–Crippen LogP) is 3.29. The molecule has 3 aromatic rings. The summed E-state index contributed by atoms with van der Waals surface area (Å²) in [6.07, 6.45) is 9.33. The number of para-hydroxylation sites is 1. The average molecular weight is 291 g/mol. The highest BCUT2D eigenvalue weighted by atomic mass is 15.3. The molecule has 1 N–H and O–H groups in total. The zero-order valence-electron chi connectivity index (χ0n) is 12.2. The Hall–Kier alpha value is -2.69. The van der Waals surface area contributed by atoms with E-state index in [0.29, 0.717) is 12.0 Å². The molecular weight excluding hydrogens is 274 g/mol. The van der Waals surface area contributed by atoms with Crippen molar-refractivity contribution in [2.45, 2.75) is 25.3 Å². The van der Waals surface area contributed by atoms with Gasteiger partial charge in [-0.2, -0.15) is 5.10 Å². The van der Waals surface area contributed by atoms with Gasteiger partial charge in [0.15, 0.2) is 0 Å². The van der Waals surface area contributed by atoms with E-state index in [4.69, 9.17) is 0 Å². The number of hydrogen-bond acceptors (Lipinski definition) is 4. The standard InChI is InChI=1S/C17H17N5/c1-2-7-15(8-3-1)22-12-13(11-19-22)16-9-10-18-17(21-16)20-14-5-4-6-14/h1-3,7-12,14H,4-6H2,(H,18,20,21). The summed E-state index contributed by atoms with van der Waals surface area (Å²) < 4.78 is 1.86. The molecule has 22 heavy (non-hydrogen) atoms. The minimum absolute atomic E-state index is 0.530. The van der Waals surface area contributed by atoms with Gasteiger partial charge in [0.1, 0.15) is 0 Å². The second-order valence-electron chi connectivity index (χ2n) is 5.55. The fourth-order valence-corrected chi connectivity index (χ4v) is 2.50. The van der Waals surface area contributed by atoms with Gasteiger partial charge in [0.2, 0.25) is 5.95 Å². The normalized spacial score (nSPS) is 14.5. The second kappa shape index (κ2) is 5.60. The van der Waals surface area contributed by atoms with Crippen molar-refractivity contribution in [2.24, 2.45) is 0 Å². The molecule has 0 bridgehead atoms. The van der Waals surface area contributed by atoms with Gasteiger partial charge in [-0.25, -0.2) is 14.6 Å². The Bertz CT molecular complexity index is 761. The van der Waals surface area contributed by atoms with Crippen LogP contribution < -0.4 is 5.32 Å². The van der Waals surface area contributed by atoms with Gasteiger partial charge in [0.25, 0.3) is 0 Å². The first-order valence-corrected chi connectivity index (χ1v) is 7.58. The van der Waals surface area contributed by atoms with Crippen molar-refractivity contribution in [3.8, 4) is 16.9 Å². The lowest BCUT2D eigenvalue weighted by Gasteiger charge is -2.26. The summed E-state index contributed by atoms with van der Waals surface area (Å²) in [6, 6.07) is 12.5. The van der Waals surface area contributed by atoms with Crippen molar-refractivity contribution in [2.75, 3.05) is 5.32 Å². The first-order valence-electron chi connectivity index (χ1n) is 7.58. The van der Waals surface area contributed by atoms with Gasteiger partial charge in [0.05, 0.1) is 17.6 Å². The summed E-state index contributed by atoms with van der Waals surface area (Å²) in [4.78, 5) is 8.90. The Kier molecular flexibility index (Phi) is 3.31. The van der Waals surface area contributed by atoms with Crippen LogP contribution in [0.4, 0.5) is 5.95 Å². The molecule has 5 nitrogen and oxygen atoms in total. The third-order valence-electron chi connectivity index (χ3n) is 3.99. The molecule has 0 radical (unpaired) electrons. The van der Waals surface area contributed by atoms with Crippen molar-refractivity contribution in [1.82, 2.24) is 19.7 Å². The Morgan fingerprint density at radius 3 is 2.73 bits per heavy atom. The molecule has 5 heteroatoms. The topological polar surface area (TPSA) is 55.6 Å². The third-order valence-corrected chi connectivity index (χ3v) is 3.99. The van der Waals surface area contributed by atoms with Crippen molar-refractivity contribution < 1.29 is 0 Å². The molecule has 2 heterocycles. The minimum Gasteiger partial charge on any atom is -0.351 e. The van der Waals surface area contributed by atoms with Crippen LogP contribution in [-0.2, 0) is 0 Å². The van der Waals surface area contributed by atoms with Gasteiger partial charge in [-0.1, -0.05) is 18.2 Å². The monoisotopic (exact) mass is 291 g/mol. The van der Waals surface area contributed by atoms with Crippen LogP contribution in [0.5, 0.6) is 0 Å². The quantitative estimate of drug-likeness (QED) is 0.801. The zero-order chi connectivity index (χ0) is 14.8. The van der Waals surface area contributed by atoms with Crippen molar-refractivity contribution >= 4 is 5.95 Å². The highest BCUT2D eigenvalue weighted by Crippen LogP contribution is 2.23. The van der Waals surface area contributed by atoms with E-state index in [9.17, 15) is 0 Å². The van der Waals surface area contributed by atoms with Gasteiger partial charge in [-0.3, -0.25) is 0 Å². The van der Waals surface area contributed by atoms with Crippen molar-refractivity contribution in [3.63, 3.8) is 0 Å². The predicted molar refractivity (Wildman–Crippen MR) is 85.9 cm³/mol. The highest BCUT2D eigenvalue weighted by molar-refractivity contribution is 5.58. The summed E-state index contributed by atoms with van der Waals surface area (Å²) in [5.74, 6) is 0.703. The molecule has 1 aliphatic carbocycles. The lowest BCUT2D eigenvalue weighted by atomic mass is 9.93. The Morgan fingerprint density at radius 1 is 1.09 bits per heavy atom. The number of hydrogen-bond donors (Lipinski definition) is 1. The van der Waals surface area contributed by atoms with E-state index in [1.807, 2.05) is 53.5 Å².